The SMILES string of the molecule is CN1Cc2cc(C(F)(F)F)ccc2C(C)(C)C1. The van der Waals surface area contributed by atoms with Crippen molar-refractivity contribution < 1.29 is 13.2 Å². The zero-order chi connectivity index (χ0) is 12.8. The van der Waals surface area contributed by atoms with Gasteiger partial charge in [0.05, 0.1) is 5.56 Å². The molecule has 1 aliphatic heterocycles. The molecule has 0 spiro atoms. The van der Waals surface area contributed by atoms with Crippen molar-refractivity contribution in [1.82, 2.24) is 4.90 Å². The molecule has 0 radical (unpaired) electrons. The highest BCUT2D eigenvalue weighted by molar-refractivity contribution is 5.39. The van der Waals surface area contributed by atoms with Crippen LogP contribution in [0.2, 0.25) is 0 Å². The van der Waals surface area contributed by atoms with Crippen molar-refractivity contribution in [3.63, 3.8) is 0 Å². The Bertz CT molecular complexity index is 435. The van der Waals surface area contributed by atoms with E-state index in [1.807, 2.05) is 7.05 Å². The lowest BCUT2D eigenvalue weighted by atomic mass is 9.78. The van der Waals surface area contributed by atoms with Crippen LogP contribution in [0.25, 0.3) is 0 Å². The van der Waals surface area contributed by atoms with Crippen LogP contribution in [0.4, 0.5) is 13.2 Å². The first-order valence-corrected chi connectivity index (χ1v) is 5.59. The molecule has 1 nitrogen and oxygen atoms in total. The van der Waals surface area contributed by atoms with Crippen LogP contribution in [0.1, 0.15) is 30.5 Å². The first kappa shape index (κ1) is 12.4. The second-order valence-corrected chi connectivity index (χ2v) is 5.43. The molecule has 0 unspecified atom stereocenters. The summed E-state index contributed by atoms with van der Waals surface area (Å²) < 4.78 is 37.9. The van der Waals surface area contributed by atoms with Crippen molar-refractivity contribution in [1.29, 1.82) is 0 Å². The zero-order valence-electron chi connectivity index (χ0n) is 10.2. The molecule has 0 atom stereocenters. The molecule has 1 aromatic rings. The Morgan fingerprint density at radius 3 is 2.47 bits per heavy atom. The molecule has 17 heavy (non-hydrogen) atoms. The molecule has 0 amide bonds. The molecule has 0 saturated carbocycles. The summed E-state index contributed by atoms with van der Waals surface area (Å²) in [4.78, 5) is 2.06. The summed E-state index contributed by atoms with van der Waals surface area (Å²) in [5.41, 5.74) is 1.18. The van der Waals surface area contributed by atoms with Gasteiger partial charge in [-0.05, 0) is 30.3 Å². The van der Waals surface area contributed by atoms with E-state index in [1.165, 1.54) is 12.1 Å². The van der Waals surface area contributed by atoms with E-state index in [0.29, 0.717) is 6.54 Å². The molecule has 1 aromatic carbocycles. The molecule has 0 aliphatic carbocycles. The van der Waals surface area contributed by atoms with E-state index in [4.69, 9.17) is 0 Å². The zero-order valence-corrected chi connectivity index (χ0v) is 10.2. The van der Waals surface area contributed by atoms with Crippen LogP contribution in [-0.2, 0) is 18.1 Å². The fourth-order valence-corrected chi connectivity index (χ4v) is 2.67. The van der Waals surface area contributed by atoms with E-state index in [0.717, 1.165) is 17.7 Å². The number of fused-ring (bicyclic) bond motifs is 1. The first-order valence-electron chi connectivity index (χ1n) is 5.59. The maximum absolute atomic E-state index is 12.6. The van der Waals surface area contributed by atoms with Crippen molar-refractivity contribution in [3.8, 4) is 0 Å². The predicted molar refractivity (Wildman–Crippen MR) is 60.8 cm³/mol. The van der Waals surface area contributed by atoms with Gasteiger partial charge in [0.25, 0.3) is 0 Å². The topological polar surface area (TPSA) is 3.24 Å². The number of likely N-dealkylation sites (N-methyl/N-ethyl adjacent to an activating group) is 1. The average molecular weight is 243 g/mol. The second-order valence-electron chi connectivity index (χ2n) is 5.43. The normalized spacial score (nSPS) is 20.1. The molecule has 0 aromatic heterocycles. The number of benzene rings is 1. The highest BCUT2D eigenvalue weighted by Gasteiger charge is 2.35. The maximum Gasteiger partial charge on any atom is 0.416 e. The maximum atomic E-state index is 12.6. The minimum atomic E-state index is -4.25. The van der Waals surface area contributed by atoms with E-state index in [-0.39, 0.29) is 5.41 Å². The van der Waals surface area contributed by atoms with Crippen LogP contribution in [0.3, 0.4) is 0 Å². The van der Waals surface area contributed by atoms with Gasteiger partial charge in [-0.2, -0.15) is 13.2 Å². The first-order chi connectivity index (χ1) is 7.70. The third kappa shape index (κ3) is 2.32. The van der Waals surface area contributed by atoms with E-state index in [9.17, 15) is 13.2 Å². The Labute approximate surface area is 99.2 Å². The summed E-state index contributed by atoms with van der Waals surface area (Å²) in [6, 6.07) is 4.10. The van der Waals surface area contributed by atoms with Gasteiger partial charge in [0.1, 0.15) is 0 Å². The van der Waals surface area contributed by atoms with Crippen molar-refractivity contribution in [2.45, 2.75) is 32.0 Å². The van der Waals surface area contributed by atoms with Gasteiger partial charge in [-0.25, -0.2) is 0 Å². The van der Waals surface area contributed by atoms with Gasteiger partial charge >= 0.3 is 6.18 Å². The Hall–Kier alpha value is -1.03. The number of hydrogen-bond donors (Lipinski definition) is 0. The van der Waals surface area contributed by atoms with Crippen LogP contribution in [-0.4, -0.2) is 18.5 Å². The van der Waals surface area contributed by atoms with Crippen molar-refractivity contribution in [2.75, 3.05) is 13.6 Å². The summed E-state index contributed by atoms with van der Waals surface area (Å²) in [6.45, 7) is 5.58. The number of alkyl halides is 3. The Balaban J connectivity index is 2.49. The average Bonchev–Trinajstić information content (AvgIpc) is 2.13. The number of hydrogen-bond acceptors (Lipinski definition) is 1. The van der Waals surface area contributed by atoms with Crippen LogP contribution in [0, 0.1) is 0 Å². The summed E-state index contributed by atoms with van der Waals surface area (Å²) in [6.07, 6.45) is -4.25. The fraction of sp³-hybridized carbons (Fsp3) is 0.538. The standard InChI is InChI=1S/C13H16F3N/c1-12(2)8-17(3)7-9-6-10(13(14,15)16)4-5-11(9)12/h4-6H,7-8H2,1-3H3. The Morgan fingerprint density at radius 2 is 1.88 bits per heavy atom. The van der Waals surface area contributed by atoms with Crippen molar-refractivity contribution in [2.24, 2.45) is 0 Å². The number of rotatable bonds is 0. The van der Waals surface area contributed by atoms with Crippen LogP contribution in [0.5, 0.6) is 0 Å². The van der Waals surface area contributed by atoms with Gasteiger partial charge in [-0.15, -0.1) is 0 Å². The highest BCUT2D eigenvalue weighted by atomic mass is 19.4. The van der Waals surface area contributed by atoms with Crippen molar-refractivity contribution in [3.05, 3.63) is 34.9 Å². The lowest BCUT2D eigenvalue weighted by Gasteiger charge is -2.38. The molecule has 0 saturated heterocycles. The molecule has 1 heterocycles. The van der Waals surface area contributed by atoms with E-state index >= 15 is 0 Å². The van der Waals surface area contributed by atoms with Crippen molar-refractivity contribution >= 4 is 0 Å². The third-order valence-corrected chi connectivity index (χ3v) is 3.27. The van der Waals surface area contributed by atoms with Crippen LogP contribution >= 0.6 is 0 Å². The molecular weight excluding hydrogens is 227 g/mol. The van der Waals surface area contributed by atoms with Gasteiger partial charge in [0.15, 0.2) is 0 Å². The van der Waals surface area contributed by atoms with Gasteiger partial charge in [-0.3, -0.25) is 0 Å². The van der Waals surface area contributed by atoms with E-state index in [1.54, 1.807) is 6.07 Å². The van der Waals surface area contributed by atoms with Gasteiger partial charge < -0.3 is 4.90 Å². The van der Waals surface area contributed by atoms with Gasteiger partial charge in [0.2, 0.25) is 0 Å². The lowest BCUT2D eigenvalue weighted by molar-refractivity contribution is -0.137. The van der Waals surface area contributed by atoms with E-state index in [2.05, 4.69) is 18.7 Å². The molecule has 0 fully saturated rings. The summed E-state index contributed by atoms with van der Waals surface area (Å²) in [5, 5.41) is 0. The fourth-order valence-electron chi connectivity index (χ4n) is 2.67. The molecule has 0 bridgehead atoms. The molecule has 94 valence electrons. The number of halogens is 3. The highest BCUT2D eigenvalue weighted by Crippen LogP contribution is 2.37. The predicted octanol–water partition coefficient (Wildman–Crippen LogP) is 3.43. The molecule has 2 rings (SSSR count). The molecule has 4 heteroatoms. The summed E-state index contributed by atoms with van der Waals surface area (Å²) in [7, 11) is 1.94. The minimum Gasteiger partial charge on any atom is -0.301 e. The lowest BCUT2D eigenvalue weighted by Crippen LogP contribution is -2.40. The summed E-state index contributed by atoms with van der Waals surface area (Å²) in [5.74, 6) is 0. The number of nitrogens with zero attached hydrogens (tertiary/aromatic N) is 1. The van der Waals surface area contributed by atoms with Crippen LogP contribution in [0.15, 0.2) is 18.2 Å². The summed E-state index contributed by atoms with van der Waals surface area (Å²) >= 11 is 0. The largest absolute Gasteiger partial charge is 0.416 e. The molecule has 0 N–H and O–H groups in total. The Kier molecular flexibility index (Phi) is 2.73. The van der Waals surface area contributed by atoms with Crippen LogP contribution < -0.4 is 0 Å². The van der Waals surface area contributed by atoms with E-state index < -0.39 is 11.7 Å². The minimum absolute atomic E-state index is 0.0908. The van der Waals surface area contributed by atoms with Gasteiger partial charge in [-0.1, -0.05) is 19.9 Å². The monoisotopic (exact) mass is 243 g/mol. The van der Waals surface area contributed by atoms with Gasteiger partial charge in [0, 0.05) is 18.5 Å². The molecule has 1 aliphatic rings. The molecular formula is C13H16F3N. The quantitative estimate of drug-likeness (QED) is 0.674. The smallest absolute Gasteiger partial charge is 0.301 e. The second kappa shape index (κ2) is 3.73. The third-order valence-electron chi connectivity index (χ3n) is 3.27. The Morgan fingerprint density at radius 1 is 1.24 bits per heavy atom.